The van der Waals surface area contributed by atoms with Gasteiger partial charge in [-0.05, 0) is 52.9 Å². The predicted molar refractivity (Wildman–Crippen MR) is 70.8 cm³/mol. The number of hydrogen-bond donors (Lipinski definition) is 2. The Morgan fingerprint density at radius 3 is 2.25 bits per heavy atom. The summed E-state index contributed by atoms with van der Waals surface area (Å²) in [5, 5.41) is 12.5. The van der Waals surface area contributed by atoms with Gasteiger partial charge in [-0.15, -0.1) is 0 Å². The minimum atomic E-state index is -0.107. The second-order valence-electron chi connectivity index (χ2n) is 4.86. The summed E-state index contributed by atoms with van der Waals surface area (Å²) >= 11 is 0. The summed E-state index contributed by atoms with van der Waals surface area (Å²) in [6.07, 6.45) is 4.73. The van der Waals surface area contributed by atoms with E-state index in [0.29, 0.717) is 0 Å². The number of rotatable bonds is 10. The molecule has 0 fully saturated rings. The first kappa shape index (κ1) is 15.9. The lowest BCUT2D eigenvalue weighted by molar-refractivity contribution is 0.164. The van der Waals surface area contributed by atoms with E-state index in [0.717, 1.165) is 25.9 Å². The third-order valence-corrected chi connectivity index (χ3v) is 3.43. The van der Waals surface area contributed by atoms with Crippen LogP contribution in [-0.2, 0) is 0 Å². The molecular weight excluding hydrogens is 200 g/mol. The lowest BCUT2D eigenvalue weighted by atomic mass is 9.97. The van der Waals surface area contributed by atoms with E-state index in [1.54, 1.807) is 0 Å². The van der Waals surface area contributed by atoms with Crippen LogP contribution in [0.5, 0.6) is 0 Å². The Hall–Kier alpha value is -0.120. The molecule has 1 unspecified atom stereocenters. The standard InChI is InChI=1S/C13H30N2O/c1-5-7-10-15(6-2)11-8-9-13(3,12-16)14-4/h14,16H,5-12H2,1-4H3. The summed E-state index contributed by atoms with van der Waals surface area (Å²) in [5.74, 6) is 0. The molecule has 98 valence electrons. The van der Waals surface area contributed by atoms with Crippen LogP contribution in [-0.4, -0.2) is 48.8 Å². The van der Waals surface area contributed by atoms with Gasteiger partial charge in [-0.3, -0.25) is 0 Å². The van der Waals surface area contributed by atoms with Gasteiger partial charge >= 0.3 is 0 Å². The average Bonchev–Trinajstić information content (AvgIpc) is 2.33. The maximum atomic E-state index is 9.27. The van der Waals surface area contributed by atoms with Gasteiger partial charge in [0.1, 0.15) is 0 Å². The molecular formula is C13H30N2O. The zero-order valence-corrected chi connectivity index (χ0v) is 11.6. The van der Waals surface area contributed by atoms with E-state index in [2.05, 4.69) is 31.0 Å². The molecule has 1 atom stereocenters. The molecule has 0 spiro atoms. The van der Waals surface area contributed by atoms with Crippen molar-refractivity contribution < 1.29 is 5.11 Å². The van der Waals surface area contributed by atoms with Gasteiger partial charge in [0.15, 0.2) is 0 Å². The van der Waals surface area contributed by atoms with Gasteiger partial charge in [-0.25, -0.2) is 0 Å². The highest BCUT2D eigenvalue weighted by molar-refractivity contribution is 4.80. The molecule has 0 aromatic rings. The molecule has 0 aromatic carbocycles. The lowest BCUT2D eigenvalue weighted by Gasteiger charge is -2.28. The van der Waals surface area contributed by atoms with Gasteiger partial charge in [0, 0.05) is 5.54 Å². The van der Waals surface area contributed by atoms with Crippen molar-refractivity contribution in [3.05, 3.63) is 0 Å². The van der Waals surface area contributed by atoms with E-state index in [-0.39, 0.29) is 12.1 Å². The summed E-state index contributed by atoms with van der Waals surface area (Å²) in [4.78, 5) is 2.50. The van der Waals surface area contributed by atoms with Crippen molar-refractivity contribution in [1.82, 2.24) is 10.2 Å². The smallest absolute Gasteiger partial charge is 0.0610 e. The van der Waals surface area contributed by atoms with Crippen molar-refractivity contribution in [2.75, 3.05) is 33.3 Å². The summed E-state index contributed by atoms with van der Waals surface area (Å²) in [6.45, 7) is 10.2. The van der Waals surface area contributed by atoms with E-state index in [4.69, 9.17) is 0 Å². The zero-order chi connectivity index (χ0) is 12.4. The van der Waals surface area contributed by atoms with E-state index < -0.39 is 0 Å². The summed E-state index contributed by atoms with van der Waals surface area (Å²) in [7, 11) is 1.92. The molecule has 3 nitrogen and oxygen atoms in total. The number of likely N-dealkylation sites (N-methyl/N-ethyl adjacent to an activating group) is 1. The minimum Gasteiger partial charge on any atom is -0.394 e. The molecule has 0 heterocycles. The fraction of sp³-hybridized carbons (Fsp3) is 1.00. The van der Waals surface area contributed by atoms with Crippen molar-refractivity contribution >= 4 is 0 Å². The molecule has 16 heavy (non-hydrogen) atoms. The highest BCUT2D eigenvalue weighted by atomic mass is 16.3. The molecule has 0 aliphatic carbocycles. The van der Waals surface area contributed by atoms with Crippen LogP contribution < -0.4 is 5.32 Å². The number of unbranched alkanes of at least 4 members (excludes halogenated alkanes) is 1. The predicted octanol–water partition coefficient (Wildman–Crippen LogP) is 1.86. The van der Waals surface area contributed by atoms with Crippen LogP contribution in [0.3, 0.4) is 0 Å². The summed E-state index contributed by atoms with van der Waals surface area (Å²) < 4.78 is 0. The topological polar surface area (TPSA) is 35.5 Å². The van der Waals surface area contributed by atoms with Gasteiger partial charge in [-0.2, -0.15) is 0 Å². The third-order valence-electron chi connectivity index (χ3n) is 3.43. The first-order valence-electron chi connectivity index (χ1n) is 6.64. The van der Waals surface area contributed by atoms with Crippen molar-refractivity contribution in [1.29, 1.82) is 0 Å². The Morgan fingerprint density at radius 1 is 1.19 bits per heavy atom. The molecule has 0 rings (SSSR count). The Balaban J connectivity index is 3.76. The number of nitrogens with one attached hydrogen (secondary N) is 1. The molecule has 0 radical (unpaired) electrons. The summed E-state index contributed by atoms with van der Waals surface area (Å²) in [6, 6.07) is 0. The van der Waals surface area contributed by atoms with Gasteiger partial charge in [0.25, 0.3) is 0 Å². The normalized spacial score (nSPS) is 15.4. The van der Waals surface area contributed by atoms with Crippen LogP contribution in [0.25, 0.3) is 0 Å². The molecule has 0 amide bonds. The number of aliphatic hydroxyl groups is 1. The molecule has 0 saturated heterocycles. The second-order valence-corrected chi connectivity index (χ2v) is 4.86. The molecule has 0 aliphatic heterocycles. The van der Waals surface area contributed by atoms with Gasteiger partial charge < -0.3 is 15.3 Å². The molecule has 0 aliphatic rings. The molecule has 0 aromatic heterocycles. The van der Waals surface area contributed by atoms with Crippen molar-refractivity contribution in [2.24, 2.45) is 0 Å². The van der Waals surface area contributed by atoms with Gasteiger partial charge in [0.2, 0.25) is 0 Å². The van der Waals surface area contributed by atoms with Crippen LogP contribution in [0.4, 0.5) is 0 Å². The largest absolute Gasteiger partial charge is 0.394 e. The number of nitrogens with zero attached hydrogens (tertiary/aromatic N) is 1. The Morgan fingerprint density at radius 2 is 1.81 bits per heavy atom. The molecule has 0 saturated carbocycles. The average molecular weight is 230 g/mol. The molecule has 0 bridgehead atoms. The Bertz CT molecular complexity index is 158. The SMILES string of the molecule is CCCCN(CC)CCCC(C)(CO)NC. The fourth-order valence-electron chi connectivity index (χ4n) is 1.79. The number of hydrogen-bond acceptors (Lipinski definition) is 3. The van der Waals surface area contributed by atoms with Gasteiger partial charge in [-0.1, -0.05) is 20.3 Å². The van der Waals surface area contributed by atoms with Crippen molar-refractivity contribution in [3.8, 4) is 0 Å². The first-order valence-corrected chi connectivity index (χ1v) is 6.64. The van der Waals surface area contributed by atoms with E-state index in [1.165, 1.54) is 19.4 Å². The monoisotopic (exact) mass is 230 g/mol. The third kappa shape index (κ3) is 6.46. The lowest BCUT2D eigenvalue weighted by Crippen LogP contribution is -2.44. The van der Waals surface area contributed by atoms with Crippen LogP contribution in [0.15, 0.2) is 0 Å². The van der Waals surface area contributed by atoms with Crippen LogP contribution >= 0.6 is 0 Å². The molecule has 2 N–H and O–H groups in total. The zero-order valence-electron chi connectivity index (χ0n) is 11.6. The van der Waals surface area contributed by atoms with Crippen LogP contribution in [0, 0.1) is 0 Å². The molecule has 3 heteroatoms. The fourth-order valence-corrected chi connectivity index (χ4v) is 1.79. The van der Waals surface area contributed by atoms with Gasteiger partial charge in [0.05, 0.1) is 6.61 Å². The minimum absolute atomic E-state index is 0.107. The van der Waals surface area contributed by atoms with Crippen LogP contribution in [0.1, 0.15) is 46.5 Å². The Kier molecular flexibility index (Phi) is 8.90. The first-order chi connectivity index (χ1) is 7.61. The maximum Gasteiger partial charge on any atom is 0.0610 e. The number of aliphatic hydroxyl groups excluding tert-OH is 1. The van der Waals surface area contributed by atoms with E-state index in [9.17, 15) is 5.11 Å². The van der Waals surface area contributed by atoms with Crippen molar-refractivity contribution in [3.63, 3.8) is 0 Å². The van der Waals surface area contributed by atoms with Crippen LogP contribution in [0.2, 0.25) is 0 Å². The quantitative estimate of drug-likeness (QED) is 0.601. The highest BCUT2D eigenvalue weighted by Gasteiger charge is 2.20. The van der Waals surface area contributed by atoms with E-state index in [1.807, 2.05) is 7.05 Å². The summed E-state index contributed by atoms with van der Waals surface area (Å²) in [5.41, 5.74) is -0.107. The van der Waals surface area contributed by atoms with Crippen molar-refractivity contribution in [2.45, 2.75) is 52.0 Å². The Labute approximate surface area is 101 Å². The van der Waals surface area contributed by atoms with E-state index >= 15 is 0 Å². The maximum absolute atomic E-state index is 9.27. The highest BCUT2D eigenvalue weighted by Crippen LogP contribution is 2.11. The second kappa shape index (κ2) is 8.97.